The normalized spacial score (nSPS) is 0. The average molecular weight is 66.8 g/mol. The number of hydrogen-bond acceptors (Lipinski definition) is 0. The molecule has 4 N–H and O–H groups in total. The summed E-state index contributed by atoms with van der Waals surface area (Å²) in [5, 5.41) is 0. The van der Waals surface area contributed by atoms with Crippen LogP contribution in [0.5, 0.6) is 0 Å². The molecule has 0 aromatic heterocycles. The fraction of sp³-hybridized carbons (Fsp3) is 0. The van der Waals surface area contributed by atoms with Crippen LogP contribution in [0.2, 0.25) is 0 Å². The Labute approximate surface area is 105 Å². The van der Waals surface area contributed by atoms with E-state index in [-0.39, 0.29) is 107 Å². The molecule has 0 rings (SSSR count). The van der Waals surface area contributed by atoms with Crippen molar-refractivity contribution >= 4 is 0 Å². The SMILES string of the molecule is [Li+].[Li+].[Li+].[Li+].[Li+].[NH2-].[NH2-]. The summed E-state index contributed by atoms with van der Waals surface area (Å²) >= 11 is 0. The Bertz CT molecular complexity index is 6.04. The summed E-state index contributed by atoms with van der Waals surface area (Å²) < 4.78 is 0. The average Bonchev–Trinajstić information content (AvgIpc) is 0. The molecule has 0 spiro atoms. The standard InChI is InChI=1S/5Li.2H2N/h;;;;;2*1H2/q5*+1;2*-1. The molecular weight excluding hydrogens is 62.7 g/mol. The first-order valence-corrected chi connectivity index (χ1v) is 0. The summed E-state index contributed by atoms with van der Waals surface area (Å²) in [6.45, 7) is 0. The summed E-state index contributed by atoms with van der Waals surface area (Å²) in [4.78, 5) is 0. The number of nitrogens with two attached hydrogens (primary N) is 2. The number of hydrogen-bond donors (Lipinski definition) is 0. The van der Waals surface area contributed by atoms with Gasteiger partial charge in [0, 0.05) is 0 Å². The van der Waals surface area contributed by atoms with E-state index >= 15 is 0 Å². The van der Waals surface area contributed by atoms with E-state index in [0.717, 1.165) is 0 Å². The van der Waals surface area contributed by atoms with Crippen LogP contribution in [0.25, 0.3) is 12.3 Å². The van der Waals surface area contributed by atoms with Crippen LogP contribution < -0.4 is 94.3 Å². The molecular formula is H4Li5N2+3. The molecule has 0 amide bonds. The van der Waals surface area contributed by atoms with Crippen LogP contribution in [-0.2, 0) is 0 Å². The van der Waals surface area contributed by atoms with Gasteiger partial charge in [0.25, 0.3) is 0 Å². The van der Waals surface area contributed by atoms with Gasteiger partial charge in [0.2, 0.25) is 0 Å². The van der Waals surface area contributed by atoms with Crippen LogP contribution in [0.15, 0.2) is 0 Å². The molecule has 16 valence electrons. The van der Waals surface area contributed by atoms with Gasteiger partial charge in [-0.15, -0.1) is 0 Å². The van der Waals surface area contributed by atoms with Crippen LogP contribution in [0.4, 0.5) is 0 Å². The molecule has 2 nitrogen and oxygen atoms in total. The molecule has 7 heavy (non-hydrogen) atoms. The van der Waals surface area contributed by atoms with Gasteiger partial charge in [-0.2, -0.15) is 0 Å². The Kier molecular flexibility index (Phi) is 876. The molecule has 0 aliphatic heterocycles. The topological polar surface area (TPSA) is 67.0 Å². The minimum Gasteiger partial charge on any atom is -0.693 e. The van der Waals surface area contributed by atoms with Gasteiger partial charge in [-0.25, -0.2) is 0 Å². The molecule has 0 fully saturated rings. The molecule has 0 saturated heterocycles. The first-order chi connectivity index (χ1) is 0. The smallest absolute Gasteiger partial charge is 0.693 e. The fourth-order valence-electron chi connectivity index (χ4n) is 0. The maximum absolute atomic E-state index is 0. The summed E-state index contributed by atoms with van der Waals surface area (Å²) in [6.07, 6.45) is 0. The Morgan fingerprint density at radius 3 is 0.286 bits per heavy atom. The summed E-state index contributed by atoms with van der Waals surface area (Å²) in [6, 6.07) is 0. The molecule has 0 aromatic rings. The minimum atomic E-state index is 0. The van der Waals surface area contributed by atoms with Gasteiger partial charge in [-0.05, 0) is 0 Å². The molecule has 0 bridgehead atoms. The van der Waals surface area contributed by atoms with Gasteiger partial charge in [-0.1, -0.05) is 0 Å². The second-order valence-corrected chi connectivity index (χ2v) is 0. The van der Waals surface area contributed by atoms with Crippen LogP contribution in [0.3, 0.4) is 0 Å². The van der Waals surface area contributed by atoms with Crippen molar-refractivity contribution in [3.05, 3.63) is 12.3 Å². The van der Waals surface area contributed by atoms with Gasteiger partial charge >= 0.3 is 94.3 Å². The Morgan fingerprint density at radius 1 is 0.286 bits per heavy atom. The Balaban J connectivity index is 0. The van der Waals surface area contributed by atoms with E-state index in [1.54, 1.807) is 0 Å². The van der Waals surface area contributed by atoms with E-state index in [0.29, 0.717) is 0 Å². The Morgan fingerprint density at radius 2 is 0.286 bits per heavy atom. The van der Waals surface area contributed by atoms with Crippen molar-refractivity contribution in [2.75, 3.05) is 0 Å². The van der Waals surface area contributed by atoms with E-state index in [4.69, 9.17) is 0 Å². The van der Waals surface area contributed by atoms with Crippen LogP contribution in [-0.4, -0.2) is 0 Å². The third-order valence-electron chi connectivity index (χ3n) is 0. The van der Waals surface area contributed by atoms with Crippen molar-refractivity contribution in [3.8, 4) is 0 Å². The predicted octanol–water partition coefficient (Wildman–Crippen LogP) is -13.5. The van der Waals surface area contributed by atoms with Crippen molar-refractivity contribution in [1.82, 2.24) is 0 Å². The molecule has 0 atom stereocenters. The van der Waals surface area contributed by atoms with Crippen molar-refractivity contribution < 1.29 is 94.3 Å². The molecule has 7 heteroatoms. The zero-order valence-corrected chi connectivity index (χ0v) is 6.15. The summed E-state index contributed by atoms with van der Waals surface area (Å²) in [5.41, 5.74) is 0. The van der Waals surface area contributed by atoms with E-state index in [9.17, 15) is 0 Å². The van der Waals surface area contributed by atoms with Crippen molar-refractivity contribution in [1.29, 1.82) is 0 Å². The fourth-order valence-corrected chi connectivity index (χ4v) is 0. The van der Waals surface area contributed by atoms with Gasteiger partial charge in [0.15, 0.2) is 0 Å². The molecule has 0 saturated carbocycles. The van der Waals surface area contributed by atoms with Gasteiger partial charge < -0.3 is 12.3 Å². The van der Waals surface area contributed by atoms with E-state index in [2.05, 4.69) is 0 Å². The van der Waals surface area contributed by atoms with Crippen LogP contribution in [0.1, 0.15) is 0 Å². The van der Waals surface area contributed by atoms with Gasteiger partial charge in [-0.3, -0.25) is 0 Å². The molecule has 0 aromatic carbocycles. The monoisotopic (exact) mass is 67.1 g/mol. The zero-order valence-electron chi connectivity index (χ0n) is 6.15. The molecule has 0 heterocycles. The van der Waals surface area contributed by atoms with Crippen LogP contribution >= 0.6 is 0 Å². The first kappa shape index (κ1) is 93.0. The third-order valence-corrected chi connectivity index (χ3v) is 0. The van der Waals surface area contributed by atoms with E-state index < -0.39 is 0 Å². The van der Waals surface area contributed by atoms with Gasteiger partial charge in [0.1, 0.15) is 0 Å². The molecule has 0 aliphatic rings. The van der Waals surface area contributed by atoms with Gasteiger partial charge in [0.05, 0.1) is 0 Å². The zero-order chi connectivity index (χ0) is 0. The number of rotatable bonds is 0. The first-order valence-electron chi connectivity index (χ1n) is 0. The van der Waals surface area contributed by atoms with Crippen molar-refractivity contribution in [3.63, 3.8) is 0 Å². The second kappa shape index (κ2) is 65.9. The molecule has 0 unspecified atom stereocenters. The molecule has 0 radical (unpaired) electrons. The third kappa shape index (κ3) is 50.3. The quantitative estimate of drug-likeness (QED) is 0.252. The summed E-state index contributed by atoms with van der Waals surface area (Å²) in [7, 11) is 0. The maximum atomic E-state index is 0. The second-order valence-electron chi connectivity index (χ2n) is 0. The Hall–Kier alpha value is 2.91. The maximum Gasteiger partial charge on any atom is 1.00 e. The summed E-state index contributed by atoms with van der Waals surface area (Å²) in [5.74, 6) is 0. The minimum absolute atomic E-state index is 0. The molecule has 0 aliphatic carbocycles. The van der Waals surface area contributed by atoms with E-state index in [1.807, 2.05) is 0 Å². The van der Waals surface area contributed by atoms with Crippen molar-refractivity contribution in [2.24, 2.45) is 0 Å². The largest absolute Gasteiger partial charge is 1.00 e. The van der Waals surface area contributed by atoms with Crippen molar-refractivity contribution in [2.45, 2.75) is 0 Å². The van der Waals surface area contributed by atoms with Crippen LogP contribution in [0, 0.1) is 0 Å². The van der Waals surface area contributed by atoms with E-state index in [1.165, 1.54) is 0 Å². The predicted molar refractivity (Wildman–Crippen MR) is 10.6 cm³/mol.